The van der Waals surface area contributed by atoms with Crippen LogP contribution in [0, 0.1) is 31.8 Å². The molecule has 0 aliphatic heterocycles. The number of nitriles is 1. The molecule has 7 heterocycles. The largest absolute Gasteiger partial charge is 0.324 e. The Kier molecular flexibility index (Phi) is 7.17. The number of rotatable bonds is 6. The highest BCUT2D eigenvalue weighted by atomic mass is 15.5. The van der Waals surface area contributed by atoms with Gasteiger partial charge in [0.2, 0.25) is 0 Å². The molecule has 0 amide bonds. The van der Waals surface area contributed by atoms with Crippen LogP contribution < -0.4 is 0 Å². The highest BCUT2D eigenvalue weighted by Crippen LogP contribution is 2.38. The van der Waals surface area contributed by atoms with Gasteiger partial charge in [-0.2, -0.15) is 30.3 Å². The molecular formula is C30H30N20. The molecule has 0 saturated carbocycles. The van der Waals surface area contributed by atoms with E-state index in [2.05, 4.69) is 81.9 Å². The van der Waals surface area contributed by atoms with Gasteiger partial charge in [0.1, 0.15) is 29.6 Å². The quantitative estimate of drug-likeness (QED) is 0.154. The number of fused-ring (bicyclic) bond motifs is 2. The molecular weight excluding hydrogens is 640 g/mol. The molecule has 0 atom stereocenters. The van der Waals surface area contributed by atoms with E-state index < -0.39 is 0 Å². The third-order valence-electron chi connectivity index (χ3n) is 7.47. The summed E-state index contributed by atoms with van der Waals surface area (Å²) in [5.74, 6) is 2.09. The smallest absolute Gasteiger partial charge is 0.252 e. The predicted molar refractivity (Wildman–Crippen MR) is 177 cm³/mol. The van der Waals surface area contributed by atoms with Crippen molar-refractivity contribution in [2.24, 2.45) is 20.5 Å². The lowest BCUT2D eigenvalue weighted by Crippen LogP contribution is -2.12. The second-order valence-corrected chi connectivity index (χ2v) is 13.4. The van der Waals surface area contributed by atoms with Crippen LogP contribution in [0.3, 0.4) is 0 Å². The second kappa shape index (κ2) is 11.3. The number of azo groups is 2. The van der Waals surface area contributed by atoms with Crippen LogP contribution in [-0.4, -0.2) is 69.2 Å². The Hall–Kier alpha value is -6.96. The standard InChI is InChI=1S/C30H30N20/c1-15-37-27-21(23(29(3,4)5)45-49(27)43-15)39-41-25-17(11-31)12-35-47(25)19-10-20(34-14-33-19)48-26(18(32-9)13-36-48)42-40-22-24(30(6,7)8)46-50-28(22)38-16(2)44-50/h10,12-14H,1-8H3,(H,37,43)(H,38,44). The van der Waals surface area contributed by atoms with Crippen molar-refractivity contribution in [2.75, 3.05) is 0 Å². The van der Waals surface area contributed by atoms with Crippen molar-refractivity contribution in [2.45, 2.75) is 66.2 Å². The molecule has 50 heavy (non-hydrogen) atoms. The molecule has 0 aliphatic carbocycles. The number of nitrogens with zero attached hydrogens (tertiary/aromatic N) is 18. The van der Waals surface area contributed by atoms with E-state index in [-0.39, 0.29) is 45.4 Å². The molecule has 0 fully saturated rings. The van der Waals surface area contributed by atoms with E-state index in [1.165, 1.54) is 37.3 Å². The lowest BCUT2D eigenvalue weighted by molar-refractivity contribution is 0.556. The van der Waals surface area contributed by atoms with E-state index in [9.17, 15) is 5.26 Å². The van der Waals surface area contributed by atoms with Gasteiger partial charge >= 0.3 is 0 Å². The first-order chi connectivity index (χ1) is 23.8. The molecule has 7 aromatic rings. The molecule has 2 N–H and O–H groups in total. The minimum absolute atomic E-state index is 0.129. The molecule has 0 aliphatic rings. The van der Waals surface area contributed by atoms with Crippen LogP contribution in [0.4, 0.5) is 28.7 Å². The second-order valence-electron chi connectivity index (χ2n) is 13.4. The van der Waals surface area contributed by atoms with Crippen molar-refractivity contribution >= 4 is 40.0 Å². The van der Waals surface area contributed by atoms with Gasteiger partial charge in [-0.3, -0.25) is 0 Å². The van der Waals surface area contributed by atoms with Gasteiger partial charge < -0.3 is 9.97 Å². The van der Waals surface area contributed by atoms with Crippen LogP contribution in [0.5, 0.6) is 0 Å². The minimum Gasteiger partial charge on any atom is -0.324 e. The number of hydrogen-bond donors (Lipinski definition) is 2. The molecule has 0 aromatic carbocycles. The molecule has 7 aromatic heterocycles. The summed E-state index contributed by atoms with van der Waals surface area (Å²) in [5, 5.41) is 54.7. The summed E-state index contributed by atoms with van der Waals surface area (Å²) >= 11 is 0. The topological polar surface area (TPSA) is 231 Å². The fourth-order valence-corrected chi connectivity index (χ4v) is 5.16. The van der Waals surface area contributed by atoms with Gasteiger partial charge in [-0.1, -0.05) is 41.5 Å². The van der Waals surface area contributed by atoms with Crippen molar-refractivity contribution in [1.29, 1.82) is 5.26 Å². The van der Waals surface area contributed by atoms with Crippen molar-refractivity contribution < 1.29 is 0 Å². The normalized spacial score (nSPS) is 12.6. The zero-order valence-electron chi connectivity index (χ0n) is 28.4. The molecule has 20 nitrogen and oxygen atoms in total. The highest BCUT2D eigenvalue weighted by molar-refractivity contribution is 5.70. The van der Waals surface area contributed by atoms with E-state index in [0.29, 0.717) is 45.7 Å². The lowest BCUT2D eigenvalue weighted by Gasteiger charge is -2.15. The first-order valence-corrected chi connectivity index (χ1v) is 15.3. The maximum Gasteiger partial charge on any atom is 0.252 e. The zero-order valence-corrected chi connectivity index (χ0v) is 28.4. The minimum atomic E-state index is -0.380. The number of hydrogen-bond acceptors (Lipinski definition) is 13. The van der Waals surface area contributed by atoms with Crippen LogP contribution >= 0.6 is 0 Å². The molecule has 7 rings (SSSR count). The fourth-order valence-electron chi connectivity index (χ4n) is 5.16. The Morgan fingerprint density at radius 2 is 1.24 bits per heavy atom. The summed E-state index contributed by atoms with van der Waals surface area (Å²) in [6.45, 7) is 23.4. The van der Waals surface area contributed by atoms with Crippen LogP contribution in [-0.2, 0) is 10.8 Å². The summed E-state index contributed by atoms with van der Waals surface area (Å²) in [5.41, 5.74) is 2.98. The fraction of sp³-hybridized carbons (Fsp3) is 0.333. The van der Waals surface area contributed by atoms with Gasteiger partial charge in [0.25, 0.3) is 5.69 Å². The van der Waals surface area contributed by atoms with E-state index in [1.54, 1.807) is 6.07 Å². The first kappa shape index (κ1) is 31.6. The van der Waals surface area contributed by atoms with Gasteiger partial charge in [-0.25, -0.2) is 19.5 Å². The number of aryl methyl sites for hydroxylation is 2. The van der Waals surface area contributed by atoms with Gasteiger partial charge in [0.15, 0.2) is 45.9 Å². The van der Waals surface area contributed by atoms with Crippen LogP contribution in [0.15, 0.2) is 45.2 Å². The summed E-state index contributed by atoms with van der Waals surface area (Å²) < 4.78 is 5.70. The van der Waals surface area contributed by atoms with Crippen LogP contribution in [0.1, 0.15) is 70.1 Å². The molecule has 0 saturated heterocycles. The predicted octanol–water partition coefficient (Wildman–Crippen LogP) is 6.05. The number of H-pyrrole nitrogens is 2. The maximum atomic E-state index is 9.92. The van der Waals surface area contributed by atoms with Gasteiger partial charge in [0, 0.05) is 16.9 Å². The average molecular weight is 671 g/mol. The first-order valence-electron chi connectivity index (χ1n) is 15.3. The average Bonchev–Trinajstić information content (AvgIpc) is 3.89. The molecule has 0 radical (unpaired) electrons. The number of aromatic nitrogens is 14. The SMILES string of the molecule is [C-]#[N+]c1cnn(-c2cc(-n3ncc(C#N)c3N=Nc3c(C(C)(C)C)nn4nc(C)[nH]c34)ncn2)c1N=Nc1c(C(C)(C)C)nn2nc(C)[nH]c12. The van der Waals surface area contributed by atoms with Crippen LogP contribution in [0.2, 0.25) is 0 Å². The van der Waals surface area contributed by atoms with E-state index in [4.69, 9.17) is 6.57 Å². The molecule has 0 bridgehead atoms. The van der Waals surface area contributed by atoms with Crippen molar-refractivity contribution in [1.82, 2.24) is 69.2 Å². The highest BCUT2D eigenvalue weighted by Gasteiger charge is 2.28. The Bertz CT molecular complexity index is 2390. The monoisotopic (exact) mass is 670 g/mol. The van der Waals surface area contributed by atoms with Gasteiger partial charge in [-0.15, -0.1) is 39.9 Å². The maximum absolute atomic E-state index is 9.92. The Morgan fingerprint density at radius 3 is 1.74 bits per heavy atom. The Morgan fingerprint density at radius 1 is 0.740 bits per heavy atom. The van der Waals surface area contributed by atoms with E-state index in [1.807, 2.05) is 55.4 Å². The van der Waals surface area contributed by atoms with Gasteiger partial charge in [-0.05, 0) is 13.8 Å². The number of nitrogens with one attached hydrogen (secondary N) is 2. The summed E-state index contributed by atoms with van der Waals surface area (Å²) in [6, 6.07) is 3.68. The van der Waals surface area contributed by atoms with Gasteiger partial charge in [0.05, 0.1) is 30.4 Å². The van der Waals surface area contributed by atoms with E-state index >= 15 is 0 Å². The molecule has 0 spiro atoms. The summed E-state index contributed by atoms with van der Waals surface area (Å²) in [4.78, 5) is 18.7. The van der Waals surface area contributed by atoms with Crippen molar-refractivity contribution in [3.8, 4) is 17.7 Å². The summed E-state index contributed by atoms with van der Waals surface area (Å²) in [7, 11) is 0. The number of aromatic amines is 2. The Labute approximate surface area is 283 Å². The van der Waals surface area contributed by atoms with Crippen molar-refractivity contribution in [3.05, 3.63) is 64.8 Å². The van der Waals surface area contributed by atoms with Crippen LogP contribution in [0.25, 0.3) is 27.8 Å². The molecule has 20 heteroatoms. The Balaban J connectivity index is 1.30. The molecule has 0 unspecified atom stereocenters. The van der Waals surface area contributed by atoms with Crippen molar-refractivity contribution in [3.63, 3.8) is 0 Å². The third kappa shape index (κ3) is 5.34. The lowest BCUT2D eigenvalue weighted by atomic mass is 9.91. The zero-order chi connectivity index (χ0) is 35.5. The van der Waals surface area contributed by atoms with E-state index in [0.717, 1.165) is 0 Å². The molecule has 250 valence electrons. The third-order valence-corrected chi connectivity index (χ3v) is 7.47. The summed E-state index contributed by atoms with van der Waals surface area (Å²) in [6.07, 6.45) is 4.05.